The van der Waals surface area contributed by atoms with Crippen LogP contribution in [0, 0.1) is 0 Å². The van der Waals surface area contributed by atoms with Gasteiger partial charge in [-0.05, 0) is 30.5 Å². The minimum absolute atomic E-state index is 0.258. The first kappa shape index (κ1) is 13.1. The number of sulfonamides is 1. The number of hydrogen-bond acceptors (Lipinski definition) is 4. The second-order valence-corrected chi connectivity index (χ2v) is 6.58. The number of benzene rings is 1. The van der Waals surface area contributed by atoms with Gasteiger partial charge in [-0.25, -0.2) is 8.42 Å². The fourth-order valence-corrected chi connectivity index (χ4v) is 3.00. The second-order valence-electron chi connectivity index (χ2n) is 4.90. The summed E-state index contributed by atoms with van der Waals surface area (Å²) in [5, 5.41) is 9.65. The highest BCUT2D eigenvalue weighted by molar-refractivity contribution is 7.92. The lowest BCUT2D eigenvalue weighted by molar-refractivity contribution is 0.601. The van der Waals surface area contributed by atoms with Crippen molar-refractivity contribution in [3.05, 3.63) is 42.2 Å². The van der Waals surface area contributed by atoms with Crippen LogP contribution in [0.1, 0.15) is 18.4 Å². The molecule has 1 aliphatic carbocycles. The largest absolute Gasteiger partial charge is 0.310 e. The number of H-pyrrole nitrogens is 1. The molecule has 0 bridgehead atoms. The number of anilines is 1. The van der Waals surface area contributed by atoms with Crippen LogP contribution in [-0.4, -0.2) is 24.7 Å². The molecule has 0 aliphatic heterocycles. The molecule has 1 heterocycles. The average molecular weight is 292 g/mol. The Morgan fingerprint density at radius 1 is 1.35 bits per heavy atom. The van der Waals surface area contributed by atoms with Gasteiger partial charge in [-0.1, -0.05) is 12.1 Å². The summed E-state index contributed by atoms with van der Waals surface area (Å²) in [7, 11) is -3.57. The Kier molecular flexibility index (Phi) is 3.45. The van der Waals surface area contributed by atoms with E-state index in [2.05, 4.69) is 20.2 Å². The molecule has 1 fully saturated rings. The average Bonchev–Trinajstić information content (AvgIpc) is 3.14. The molecule has 6 nitrogen and oxygen atoms in total. The second kappa shape index (κ2) is 5.26. The van der Waals surface area contributed by atoms with E-state index in [-0.39, 0.29) is 4.90 Å². The maximum absolute atomic E-state index is 12.2. The van der Waals surface area contributed by atoms with Crippen molar-refractivity contribution >= 4 is 15.7 Å². The van der Waals surface area contributed by atoms with E-state index in [1.54, 1.807) is 18.2 Å². The first-order valence-corrected chi connectivity index (χ1v) is 7.96. The van der Waals surface area contributed by atoms with Crippen LogP contribution >= 0.6 is 0 Å². The molecule has 0 unspecified atom stereocenters. The normalized spacial score (nSPS) is 15.2. The summed E-state index contributed by atoms with van der Waals surface area (Å²) in [5.41, 5.74) is 1.39. The van der Waals surface area contributed by atoms with Crippen LogP contribution in [0.5, 0.6) is 0 Å². The number of rotatable bonds is 6. The van der Waals surface area contributed by atoms with Crippen molar-refractivity contribution in [3.8, 4) is 0 Å². The van der Waals surface area contributed by atoms with E-state index >= 15 is 0 Å². The van der Waals surface area contributed by atoms with Crippen LogP contribution in [0.15, 0.2) is 41.6 Å². The van der Waals surface area contributed by atoms with Crippen molar-refractivity contribution in [3.63, 3.8) is 0 Å². The zero-order valence-corrected chi connectivity index (χ0v) is 11.7. The summed E-state index contributed by atoms with van der Waals surface area (Å²) >= 11 is 0. The van der Waals surface area contributed by atoms with Gasteiger partial charge >= 0.3 is 0 Å². The van der Waals surface area contributed by atoms with E-state index in [9.17, 15) is 8.42 Å². The lowest BCUT2D eigenvalue weighted by atomic mass is 10.2. The Labute approximate surface area is 117 Å². The van der Waals surface area contributed by atoms with Crippen molar-refractivity contribution in [1.29, 1.82) is 0 Å². The maximum atomic E-state index is 12.2. The van der Waals surface area contributed by atoms with Crippen molar-refractivity contribution in [2.75, 3.05) is 4.72 Å². The van der Waals surface area contributed by atoms with Crippen molar-refractivity contribution in [1.82, 2.24) is 15.5 Å². The van der Waals surface area contributed by atoms with Crippen LogP contribution < -0.4 is 10.0 Å². The molecule has 3 N–H and O–H groups in total. The molecule has 0 radical (unpaired) electrons. The summed E-state index contributed by atoms with van der Waals surface area (Å²) in [6.07, 6.45) is 5.34. The van der Waals surface area contributed by atoms with Crippen LogP contribution in [0.25, 0.3) is 0 Å². The lowest BCUT2D eigenvalue weighted by Crippen LogP contribution is -2.16. The van der Waals surface area contributed by atoms with E-state index < -0.39 is 10.0 Å². The highest BCUT2D eigenvalue weighted by atomic mass is 32.2. The highest BCUT2D eigenvalue weighted by Crippen LogP contribution is 2.20. The quantitative estimate of drug-likeness (QED) is 0.752. The summed E-state index contributed by atoms with van der Waals surface area (Å²) in [6, 6.07) is 7.56. The third-order valence-electron chi connectivity index (χ3n) is 3.13. The first-order valence-electron chi connectivity index (χ1n) is 6.47. The molecule has 1 aliphatic rings. The van der Waals surface area contributed by atoms with E-state index in [4.69, 9.17) is 0 Å². The van der Waals surface area contributed by atoms with Crippen molar-refractivity contribution < 1.29 is 8.42 Å². The molecule has 1 aromatic heterocycles. The summed E-state index contributed by atoms with van der Waals surface area (Å²) in [6.45, 7) is 0.694. The standard InChI is InChI=1S/C13H16N4O2S/c18-20(19,17-12-8-15-16-9-12)13-3-1-2-10(6-13)7-14-11-4-5-11/h1-3,6,8-9,11,14,17H,4-5,7H2,(H,15,16). The van der Waals surface area contributed by atoms with Crippen LogP contribution in [0.3, 0.4) is 0 Å². The number of aromatic amines is 1. The monoisotopic (exact) mass is 292 g/mol. The molecule has 0 atom stereocenters. The van der Waals surface area contributed by atoms with Crippen molar-refractivity contribution in [2.24, 2.45) is 0 Å². The SMILES string of the molecule is O=S(=O)(Nc1cn[nH]c1)c1cccc(CNC2CC2)c1. The van der Waals surface area contributed by atoms with E-state index in [0.29, 0.717) is 18.3 Å². The first-order chi connectivity index (χ1) is 9.63. The van der Waals surface area contributed by atoms with Crippen molar-refractivity contribution in [2.45, 2.75) is 30.3 Å². The molecule has 106 valence electrons. The molecule has 2 aromatic rings. The Morgan fingerprint density at radius 2 is 2.20 bits per heavy atom. The third kappa shape index (κ3) is 3.17. The summed E-state index contributed by atoms with van der Waals surface area (Å²) in [4.78, 5) is 0.258. The number of nitrogens with one attached hydrogen (secondary N) is 3. The van der Waals surface area contributed by atoms with Crippen LogP contribution in [0.4, 0.5) is 5.69 Å². The minimum Gasteiger partial charge on any atom is -0.310 e. The smallest absolute Gasteiger partial charge is 0.262 e. The molecule has 7 heteroatoms. The molecule has 1 saturated carbocycles. The number of nitrogens with zero attached hydrogens (tertiary/aromatic N) is 1. The fourth-order valence-electron chi connectivity index (χ4n) is 1.89. The summed E-state index contributed by atoms with van der Waals surface area (Å²) in [5.74, 6) is 0. The molecule has 3 rings (SSSR count). The predicted molar refractivity (Wildman–Crippen MR) is 75.7 cm³/mol. The molecule has 0 amide bonds. The predicted octanol–water partition coefficient (Wildman–Crippen LogP) is 1.46. The lowest BCUT2D eigenvalue weighted by Gasteiger charge is -2.08. The number of hydrogen-bond donors (Lipinski definition) is 3. The van der Waals surface area contributed by atoms with Gasteiger partial charge in [0, 0.05) is 18.8 Å². The zero-order valence-electron chi connectivity index (χ0n) is 10.8. The van der Waals surface area contributed by atoms with Crippen LogP contribution in [-0.2, 0) is 16.6 Å². The van der Waals surface area contributed by atoms with E-state index in [1.165, 1.54) is 25.2 Å². The fraction of sp³-hybridized carbons (Fsp3) is 0.308. The van der Waals surface area contributed by atoms with Gasteiger partial charge in [-0.3, -0.25) is 9.82 Å². The Morgan fingerprint density at radius 3 is 2.90 bits per heavy atom. The maximum Gasteiger partial charge on any atom is 0.262 e. The van der Waals surface area contributed by atoms with Gasteiger partial charge in [0.25, 0.3) is 10.0 Å². The topological polar surface area (TPSA) is 86.9 Å². The Bertz CT molecular complexity index is 678. The van der Waals surface area contributed by atoms with Crippen LogP contribution in [0.2, 0.25) is 0 Å². The molecular weight excluding hydrogens is 276 g/mol. The van der Waals surface area contributed by atoms with Gasteiger partial charge in [-0.15, -0.1) is 0 Å². The Hall–Kier alpha value is -1.86. The summed E-state index contributed by atoms with van der Waals surface area (Å²) < 4.78 is 26.9. The Balaban J connectivity index is 1.75. The third-order valence-corrected chi connectivity index (χ3v) is 4.51. The minimum atomic E-state index is -3.57. The van der Waals surface area contributed by atoms with Gasteiger partial charge in [-0.2, -0.15) is 5.10 Å². The molecule has 1 aromatic carbocycles. The molecule has 20 heavy (non-hydrogen) atoms. The van der Waals surface area contributed by atoms with Gasteiger partial charge in [0.2, 0.25) is 0 Å². The van der Waals surface area contributed by atoms with E-state index in [1.807, 2.05) is 6.07 Å². The highest BCUT2D eigenvalue weighted by Gasteiger charge is 2.20. The van der Waals surface area contributed by atoms with Gasteiger partial charge < -0.3 is 5.32 Å². The zero-order chi connectivity index (χ0) is 14.0. The van der Waals surface area contributed by atoms with E-state index in [0.717, 1.165) is 5.56 Å². The van der Waals surface area contributed by atoms with Gasteiger partial charge in [0.05, 0.1) is 16.8 Å². The van der Waals surface area contributed by atoms with Gasteiger partial charge in [0.1, 0.15) is 0 Å². The van der Waals surface area contributed by atoms with Gasteiger partial charge in [0.15, 0.2) is 0 Å². The molecular formula is C13H16N4O2S. The molecule has 0 spiro atoms. The molecule has 0 saturated heterocycles. The number of aromatic nitrogens is 2.